The molecule has 3 nitrogen and oxygen atoms in total. The van der Waals surface area contributed by atoms with Gasteiger partial charge in [-0.05, 0) is 36.1 Å². The van der Waals surface area contributed by atoms with Crippen LogP contribution in [0.1, 0.15) is 23.6 Å². The van der Waals surface area contributed by atoms with Gasteiger partial charge in [0.1, 0.15) is 17.5 Å². The molecule has 0 saturated carbocycles. The van der Waals surface area contributed by atoms with Crippen LogP contribution in [0.25, 0.3) is 22.4 Å². The number of nitrogens with zero attached hydrogens (tertiary/aromatic N) is 2. The number of hydrogen-bond donors (Lipinski definition) is 1. The second kappa shape index (κ2) is 6.55. The molecule has 3 aromatic rings. The van der Waals surface area contributed by atoms with Crippen molar-refractivity contribution >= 4 is 5.82 Å². The molecule has 1 heterocycles. The molecule has 0 aliphatic heterocycles. The van der Waals surface area contributed by atoms with Crippen LogP contribution in [0.3, 0.4) is 0 Å². The summed E-state index contributed by atoms with van der Waals surface area (Å²) in [6.45, 7) is 4.16. The van der Waals surface area contributed by atoms with Gasteiger partial charge >= 0.3 is 0 Å². The highest BCUT2D eigenvalue weighted by atomic mass is 14.8. The molecular formula is C21H19N3. The number of nitriles is 1. The van der Waals surface area contributed by atoms with E-state index in [-0.39, 0.29) is 5.82 Å². The molecule has 3 rings (SSSR count). The van der Waals surface area contributed by atoms with Gasteiger partial charge < -0.3 is 5.73 Å². The summed E-state index contributed by atoms with van der Waals surface area (Å²) in [6, 6.07) is 20.4. The number of pyridine rings is 1. The summed E-state index contributed by atoms with van der Waals surface area (Å²) in [5.41, 5.74) is 12.5. The van der Waals surface area contributed by atoms with Crippen molar-refractivity contribution in [2.45, 2.75) is 20.3 Å². The Morgan fingerprint density at radius 1 is 1.04 bits per heavy atom. The van der Waals surface area contributed by atoms with Gasteiger partial charge in [0, 0.05) is 11.1 Å². The summed E-state index contributed by atoms with van der Waals surface area (Å²) in [5, 5.41) is 9.51. The molecule has 0 amide bonds. The molecule has 2 N–H and O–H groups in total. The predicted octanol–water partition coefficient (Wildman–Crippen LogP) is 4.74. The van der Waals surface area contributed by atoms with Gasteiger partial charge in [0.25, 0.3) is 0 Å². The quantitative estimate of drug-likeness (QED) is 0.759. The number of nitrogen functional groups attached to an aromatic ring is 1. The molecular weight excluding hydrogens is 294 g/mol. The fraction of sp³-hybridized carbons (Fsp3) is 0.143. The van der Waals surface area contributed by atoms with Crippen molar-refractivity contribution in [3.8, 4) is 28.5 Å². The first kappa shape index (κ1) is 15.8. The number of benzene rings is 2. The van der Waals surface area contributed by atoms with E-state index in [1.807, 2.05) is 49.4 Å². The fourth-order valence-electron chi connectivity index (χ4n) is 2.83. The maximum Gasteiger partial charge on any atom is 0.142 e. The lowest BCUT2D eigenvalue weighted by Gasteiger charge is -2.12. The lowest BCUT2D eigenvalue weighted by Crippen LogP contribution is -2.00. The SMILES string of the molecule is CCc1ccc(-c2cc(-c3ccccc3C)nc(N)c2C#N)cc1. The van der Waals surface area contributed by atoms with Gasteiger partial charge in [-0.1, -0.05) is 55.5 Å². The first-order valence-corrected chi connectivity index (χ1v) is 8.00. The van der Waals surface area contributed by atoms with Crippen molar-refractivity contribution in [2.75, 3.05) is 5.73 Å². The van der Waals surface area contributed by atoms with E-state index in [4.69, 9.17) is 5.73 Å². The lowest BCUT2D eigenvalue weighted by atomic mass is 9.96. The van der Waals surface area contributed by atoms with Gasteiger partial charge in [-0.2, -0.15) is 5.26 Å². The highest BCUT2D eigenvalue weighted by Gasteiger charge is 2.14. The van der Waals surface area contributed by atoms with E-state index in [9.17, 15) is 5.26 Å². The zero-order chi connectivity index (χ0) is 17.1. The number of rotatable bonds is 3. The number of aromatic nitrogens is 1. The second-order valence-electron chi connectivity index (χ2n) is 5.79. The number of hydrogen-bond acceptors (Lipinski definition) is 3. The van der Waals surface area contributed by atoms with Crippen LogP contribution in [0.4, 0.5) is 5.82 Å². The van der Waals surface area contributed by atoms with Crippen molar-refractivity contribution in [3.05, 3.63) is 71.3 Å². The molecule has 2 aromatic carbocycles. The normalized spacial score (nSPS) is 10.4. The minimum Gasteiger partial charge on any atom is -0.383 e. The number of aryl methyl sites for hydroxylation is 2. The molecule has 3 heteroatoms. The van der Waals surface area contributed by atoms with E-state index in [0.717, 1.165) is 34.4 Å². The van der Waals surface area contributed by atoms with Crippen LogP contribution < -0.4 is 5.73 Å². The molecule has 0 aliphatic carbocycles. The summed E-state index contributed by atoms with van der Waals surface area (Å²) in [6.07, 6.45) is 0.984. The van der Waals surface area contributed by atoms with Crippen molar-refractivity contribution < 1.29 is 0 Å². The molecule has 0 saturated heterocycles. The second-order valence-corrected chi connectivity index (χ2v) is 5.79. The molecule has 0 aliphatic rings. The van der Waals surface area contributed by atoms with Gasteiger partial charge in [0.15, 0.2) is 0 Å². The summed E-state index contributed by atoms with van der Waals surface area (Å²) in [7, 11) is 0. The standard InChI is InChI=1S/C21H19N3/c1-3-15-8-10-16(11-9-15)18-12-20(24-21(23)19(18)13-22)17-7-5-4-6-14(17)2/h4-12H,3H2,1-2H3,(H2,23,24). The average Bonchev–Trinajstić information content (AvgIpc) is 2.61. The topological polar surface area (TPSA) is 62.7 Å². The van der Waals surface area contributed by atoms with Crippen LogP contribution in [0.2, 0.25) is 0 Å². The Morgan fingerprint density at radius 3 is 2.38 bits per heavy atom. The van der Waals surface area contributed by atoms with Gasteiger partial charge in [-0.15, -0.1) is 0 Å². The molecule has 118 valence electrons. The molecule has 1 aromatic heterocycles. The third-order valence-electron chi connectivity index (χ3n) is 4.25. The summed E-state index contributed by atoms with van der Waals surface area (Å²) >= 11 is 0. The molecule has 0 radical (unpaired) electrons. The van der Waals surface area contributed by atoms with Gasteiger partial charge in [0.2, 0.25) is 0 Å². The largest absolute Gasteiger partial charge is 0.383 e. The first-order valence-electron chi connectivity index (χ1n) is 8.00. The minimum atomic E-state index is 0.271. The first-order chi connectivity index (χ1) is 11.6. The molecule has 24 heavy (non-hydrogen) atoms. The zero-order valence-corrected chi connectivity index (χ0v) is 13.9. The monoisotopic (exact) mass is 313 g/mol. The van der Waals surface area contributed by atoms with Gasteiger partial charge in [-0.3, -0.25) is 0 Å². The summed E-state index contributed by atoms with van der Waals surface area (Å²) < 4.78 is 0. The third-order valence-corrected chi connectivity index (χ3v) is 4.25. The van der Waals surface area contributed by atoms with E-state index in [1.165, 1.54) is 5.56 Å². The summed E-state index contributed by atoms with van der Waals surface area (Å²) in [5.74, 6) is 0.271. The van der Waals surface area contributed by atoms with Crippen LogP contribution in [-0.2, 0) is 6.42 Å². The molecule has 0 bridgehead atoms. The molecule has 0 unspecified atom stereocenters. The van der Waals surface area contributed by atoms with Crippen molar-refractivity contribution in [2.24, 2.45) is 0 Å². The molecule has 0 spiro atoms. The maximum absolute atomic E-state index is 9.51. The maximum atomic E-state index is 9.51. The van der Waals surface area contributed by atoms with Gasteiger partial charge in [0.05, 0.1) is 5.69 Å². The Bertz CT molecular complexity index is 919. The van der Waals surface area contributed by atoms with E-state index >= 15 is 0 Å². The zero-order valence-electron chi connectivity index (χ0n) is 13.9. The third kappa shape index (κ3) is 2.87. The Morgan fingerprint density at radius 2 is 1.75 bits per heavy atom. The predicted molar refractivity (Wildman–Crippen MR) is 98.4 cm³/mol. The van der Waals surface area contributed by atoms with E-state index < -0.39 is 0 Å². The minimum absolute atomic E-state index is 0.271. The Balaban J connectivity index is 2.21. The van der Waals surface area contributed by atoms with Crippen molar-refractivity contribution in [3.63, 3.8) is 0 Å². The fourth-order valence-corrected chi connectivity index (χ4v) is 2.83. The van der Waals surface area contributed by atoms with Crippen LogP contribution in [0.15, 0.2) is 54.6 Å². The number of nitrogens with two attached hydrogens (primary N) is 1. The molecule has 0 fully saturated rings. The van der Waals surface area contributed by atoms with E-state index in [0.29, 0.717) is 5.56 Å². The Kier molecular flexibility index (Phi) is 4.31. The highest BCUT2D eigenvalue weighted by Crippen LogP contribution is 2.32. The lowest BCUT2D eigenvalue weighted by molar-refractivity contribution is 1.14. The highest BCUT2D eigenvalue weighted by molar-refractivity contribution is 5.80. The van der Waals surface area contributed by atoms with E-state index in [2.05, 4.69) is 30.1 Å². The van der Waals surface area contributed by atoms with Gasteiger partial charge in [-0.25, -0.2) is 4.98 Å². The van der Waals surface area contributed by atoms with E-state index in [1.54, 1.807) is 0 Å². The van der Waals surface area contributed by atoms with Crippen LogP contribution >= 0.6 is 0 Å². The van der Waals surface area contributed by atoms with Crippen LogP contribution in [-0.4, -0.2) is 4.98 Å². The van der Waals surface area contributed by atoms with Crippen molar-refractivity contribution in [1.82, 2.24) is 4.98 Å². The number of anilines is 1. The van der Waals surface area contributed by atoms with Crippen LogP contribution in [0, 0.1) is 18.3 Å². The Labute approximate surface area is 142 Å². The van der Waals surface area contributed by atoms with Crippen LogP contribution in [0.5, 0.6) is 0 Å². The Hall–Kier alpha value is -3.12. The smallest absolute Gasteiger partial charge is 0.142 e. The van der Waals surface area contributed by atoms with Crippen molar-refractivity contribution in [1.29, 1.82) is 5.26 Å². The summed E-state index contributed by atoms with van der Waals surface area (Å²) in [4.78, 5) is 4.45. The molecule has 0 atom stereocenters. The average molecular weight is 313 g/mol.